The number of fused-ring (bicyclic) bond motifs is 1. The second-order valence-electron chi connectivity index (χ2n) is 6.33. The zero-order chi connectivity index (χ0) is 22.2. The summed E-state index contributed by atoms with van der Waals surface area (Å²) in [7, 11) is 0. The van der Waals surface area contributed by atoms with Gasteiger partial charge in [-0.1, -0.05) is 11.6 Å². The van der Waals surface area contributed by atoms with E-state index in [1.807, 2.05) is 0 Å². The summed E-state index contributed by atoms with van der Waals surface area (Å²) in [4.78, 5) is 28.6. The molecule has 0 spiro atoms. The number of hydrogen-bond acceptors (Lipinski definition) is 7. The van der Waals surface area contributed by atoms with Crippen molar-refractivity contribution < 1.29 is 22.7 Å². The van der Waals surface area contributed by atoms with Gasteiger partial charge in [-0.3, -0.25) is 9.66 Å². The Morgan fingerprint density at radius 3 is 2.81 bits per heavy atom. The van der Waals surface area contributed by atoms with Crippen LogP contribution in [0.3, 0.4) is 0 Å². The SMILES string of the molecule is Cc1nc(-c2nc(Cl)cs2)ncc1OC(=O)Nn1cc(CC(F)(F)F)c2cnccc21. The molecule has 0 aliphatic carbocycles. The van der Waals surface area contributed by atoms with Gasteiger partial charge in [0, 0.05) is 29.4 Å². The fraction of sp³-hybridized carbons (Fsp3) is 0.167. The smallest absolute Gasteiger partial charge is 0.406 e. The normalized spacial score (nSPS) is 11.6. The summed E-state index contributed by atoms with van der Waals surface area (Å²) in [6.07, 6.45) is -1.30. The van der Waals surface area contributed by atoms with Crippen LogP contribution in [0, 0.1) is 6.92 Å². The van der Waals surface area contributed by atoms with Crippen LogP contribution in [0.1, 0.15) is 11.3 Å². The van der Waals surface area contributed by atoms with Crippen molar-refractivity contribution in [2.45, 2.75) is 19.5 Å². The number of amides is 1. The summed E-state index contributed by atoms with van der Waals surface area (Å²) < 4.78 is 45.0. The Kier molecular flexibility index (Phi) is 5.50. The van der Waals surface area contributed by atoms with E-state index < -0.39 is 18.7 Å². The van der Waals surface area contributed by atoms with Crippen molar-refractivity contribution in [2.75, 3.05) is 5.43 Å². The minimum absolute atomic E-state index is 0.0260. The Morgan fingerprint density at radius 2 is 2.13 bits per heavy atom. The number of carbonyl (C=O) groups is 1. The Hall–Kier alpha value is -3.25. The number of halogens is 4. The van der Waals surface area contributed by atoms with Crippen LogP contribution in [0.25, 0.3) is 21.7 Å². The van der Waals surface area contributed by atoms with Gasteiger partial charge in [-0.25, -0.2) is 25.2 Å². The van der Waals surface area contributed by atoms with E-state index in [0.717, 1.165) is 4.68 Å². The summed E-state index contributed by atoms with van der Waals surface area (Å²) >= 11 is 7.07. The highest BCUT2D eigenvalue weighted by Crippen LogP contribution is 2.28. The van der Waals surface area contributed by atoms with Gasteiger partial charge in [0.1, 0.15) is 5.15 Å². The molecule has 0 aliphatic heterocycles. The lowest BCUT2D eigenvalue weighted by atomic mass is 10.1. The fourth-order valence-electron chi connectivity index (χ4n) is 2.83. The van der Waals surface area contributed by atoms with Gasteiger partial charge in [0.05, 0.1) is 23.8 Å². The van der Waals surface area contributed by atoms with Crippen LogP contribution < -0.4 is 10.2 Å². The molecule has 0 fully saturated rings. The van der Waals surface area contributed by atoms with Gasteiger partial charge in [0.2, 0.25) is 0 Å². The molecule has 160 valence electrons. The molecule has 0 bridgehead atoms. The largest absolute Gasteiger partial charge is 0.432 e. The lowest BCUT2D eigenvalue weighted by Crippen LogP contribution is -2.25. The van der Waals surface area contributed by atoms with Crippen LogP contribution in [0.15, 0.2) is 36.2 Å². The van der Waals surface area contributed by atoms with Gasteiger partial charge >= 0.3 is 12.3 Å². The van der Waals surface area contributed by atoms with Crippen LogP contribution in [-0.2, 0) is 6.42 Å². The van der Waals surface area contributed by atoms with E-state index in [2.05, 4.69) is 25.4 Å². The summed E-state index contributed by atoms with van der Waals surface area (Å²) in [6, 6.07) is 1.48. The molecule has 4 aromatic heterocycles. The molecule has 0 atom stereocenters. The third-order valence-electron chi connectivity index (χ3n) is 4.10. The number of thiazole rings is 1. The Bertz CT molecular complexity index is 1270. The van der Waals surface area contributed by atoms with Crippen molar-refractivity contribution in [3.8, 4) is 16.6 Å². The van der Waals surface area contributed by atoms with Gasteiger partial charge in [-0.15, -0.1) is 11.3 Å². The zero-order valence-electron chi connectivity index (χ0n) is 15.6. The maximum atomic E-state index is 12.9. The molecule has 4 heterocycles. The molecule has 0 saturated carbocycles. The third kappa shape index (κ3) is 4.75. The molecule has 1 amide bonds. The number of nitrogens with zero attached hydrogens (tertiary/aromatic N) is 5. The number of nitrogens with one attached hydrogen (secondary N) is 1. The second-order valence-corrected chi connectivity index (χ2v) is 7.57. The van der Waals surface area contributed by atoms with Crippen molar-refractivity contribution in [3.05, 3.63) is 52.6 Å². The van der Waals surface area contributed by atoms with Crippen LogP contribution in [0.4, 0.5) is 18.0 Å². The van der Waals surface area contributed by atoms with Crippen molar-refractivity contribution in [1.29, 1.82) is 0 Å². The highest BCUT2D eigenvalue weighted by molar-refractivity contribution is 7.13. The first-order valence-corrected chi connectivity index (χ1v) is 9.90. The summed E-state index contributed by atoms with van der Waals surface area (Å²) in [6.45, 7) is 1.61. The third-order valence-corrected chi connectivity index (χ3v) is 5.26. The maximum Gasteiger partial charge on any atom is 0.432 e. The molecule has 4 rings (SSSR count). The molecule has 1 N–H and O–H groups in total. The van der Waals surface area contributed by atoms with Gasteiger partial charge in [0.25, 0.3) is 0 Å². The molecule has 4 aromatic rings. The molecule has 0 saturated heterocycles. The minimum Gasteiger partial charge on any atom is -0.406 e. The average molecular weight is 469 g/mol. The van der Waals surface area contributed by atoms with E-state index in [0.29, 0.717) is 27.2 Å². The monoisotopic (exact) mass is 468 g/mol. The summed E-state index contributed by atoms with van der Waals surface area (Å²) in [5, 5.41) is 2.73. The first kappa shape index (κ1) is 21.0. The van der Waals surface area contributed by atoms with Gasteiger partial charge in [-0.05, 0) is 18.6 Å². The van der Waals surface area contributed by atoms with Gasteiger partial charge in [-0.2, -0.15) is 13.2 Å². The lowest BCUT2D eigenvalue weighted by Gasteiger charge is -2.10. The number of carbonyl (C=O) groups excluding carboxylic acids is 1. The van der Waals surface area contributed by atoms with Crippen molar-refractivity contribution in [1.82, 2.24) is 24.6 Å². The van der Waals surface area contributed by atoms with Crippen LogP contribution in [0.5, 0.6) is 5.75 Å². The topological polar surface area (TPSA) is 94.8 Å². The highest BCUT2D eigenvalue weighted by Gasteiger charge is 2.30. The van der Waals surface area contributed by atoms with Gasteiger partial charge in [0.15, 0.2) is 16.6 Å². The summed E-state index contributed by atoms with van der Waals surface area (Å²) in [5.41, 5.74) is 3.08. The molecule has 8 nitrogen and oxygen atoms in total. The van der Waals surface area contributed by atoms with Crippen molar-refractivity contribution in [2.24, 2.45) is 0 Å². The first-order chi connectivity index (χ1) is 14.7. The lowest BCUT2D eigenvalue weighted by molar-refractivity contribution is -0.127. The number of rotatable bonds is 4. The average Bonchev–Trinajstić information content (AvgIpc) is 3.27. The van der Waals surface area contributed by atoms with E-state index in [1.165, 1.54) is 42.2 Å². The first-order valence-electron chi connectivity index (χ1n) is 8.64. The van der Waals surface area contributed by atoms with E-state index in [9.17, 15) is 18.0 Å². The predicted molar refractivity (Wildman–Crippen MR) is 108 cm³/mol. The Labute approximate surface area is 181 Å². The number of aryl methyl sites for hydroxylation is 1. The predicted octanol–water partition coefficient (Wildman–Crippen LogP) is 4.76. The molecule has 0 aromatic carbocycles. The van der Waals surface area contributed by atoms with Crippen molar-refractivity contribution >= 4 is 39.9 Å². The number of alkyl halides is 3. The molecule has 13 heteroatoms. The molecular weight excluding hydrogens is 457 g/mol. The zero-order valence-corrected chi connectivity index (χ0v) is 17.2. The van der Waals surface area contributed by atoms with Crippen LogP contribution >= 0.6 is 22.9 Å². The maximum absolute atomic E-state index is 12.9. The Balaban J connectivity index is 1.53. The Morgan fingerprint density at radius 1 is 1.32 bits per heavy atom. The molecule has 0 unspecified atom stereocenters. The number of ether oxygens (including phenoxy) is 1. The number of aromatic nitrogens is 5. The number of pyridine rings is 1. The standard InChI is InChI=1S/C18H12ClF3N6O2S/c1-9-13(6-24-15(25-9)16-26-14(19)8-31-16)30-17(29)27-28-7-10(4-18(20,21)22)11-5-23-3-2-12(11)28/h2-3,5-8H,4H2,1H3,(H,27,29). The van der Waals surface area contributed by atoms with Crippen LogP contribution in [-0.4, -0.2) is 36.9 Å². The fourth-order valence-corrected chi connectivity index (χ4v) is 3.71. The highest BCUT2D eigenvalue weighted by atomic mass is 35.5. The molecule has 0 radical (unpaired) electrons. The summed E-state index contributed by atoms with van der Waals surface area (Å²) in [5.74, 6) is 0.403. The van der Waals surface area contributed by atoms with E-state index in [-0.39, 0.29) is 16.7 Å². The van der Waals surface area contributed by atoms with Gasteiger partial charge < -0.3 is 4.74 Å². The van der Waals surface area contributed by atoms with E-state index in [1.54, 1.807) is 12.3 Å². The van der Waals surface area contributed by atoms with E-state index >= 15 is 0 Å². The second kappa shape index (κ2) is 8.12. The molecular formula is C18H12ClF3N6O2S. The van der Waals surface area contributed by atoms with Crippen LogP contribution in [0.2, 0.25) is 5.15 Å². The minimum atomic E-state index is -4.41. The van der Waals surface area contributed by atoms with Crippen molar-refractivity contribution in [3.63, 3.8) is 0 Å². The number of hydrogen-bond donors (Lipinski definition) is 1. The molecule has 0 aliphatic rings. The van der Waals surface area contributed by atoms with E-state index in [4.69, 9.17) is 16.3 Å². The quantitative estimate of drug-likeness (QED) is 0.464. The molecule has 31 heavy (non-hydrogen) atoms.